The van der Waals surface area contributed by atoms with Crippen molar-refractivity contribution in [2.75, 3.05) is 19.6 Å². The van der Waals surface area contributed by atoms with Gasteiger partial charge in [0, 0.05) is 50.1 Å². The molecule has 1 aromatic heterocycles. The average molecular weight is 594 g/mol. The Morgan fingerprint density at radius 1 is 0.955 bits per heavy atom. The molecule has 0 radical (unpaired) electrons. The summed E-state index contributed by atoms with van der Waals surface area (Å²) < 4.78 is 13.3. The van der Waals surface area contributed by atoms with E-state index < -0.39 is 6.29 Å². The molecule has 44 heavy (non-hydrogen) atoms. The molecule has 6 rings (SSSR count). The van der Waals surface area contributed by atoms with Gasteiger partial charge >= 0.3 is 0 Å². The van der Waals surface area contributed by atoms with Crippen molar-refractivity contribution in [2.24, 2.45) is 5.92 Å². The standard InChI is InChI=1S/C36H39N3O5/c1-24-33(22-39-16-14-32(41)21-39)43-36(44-34(24)27-12-10-25(23-40)11-13-27)30-8-3-7-29(18-30)28-6-2-5-26(17-28)19-38-35(42)31-9-4-15-37-20-31/h2-13,15,17-18,20,24,32-34,36,40-41H,14,16,19,21-23H2,1H3,(H,38,42)/t24-,32+,33+,34+,36+/m1/s1. The van der Waals surface area contributed by atoms with Gasteiger partial charge in [0.1, 0.15) is 0 Å². The highest BCUT2D eigenvalue weighted by molar-refractivity contribution is 5.93. The smallest absolute Gasteiger partial charge is 0.253 e. The van der Waals surface area contributed by atoms with Gasteiger partial charge in [-0.1, -0.05) is 67.6 Å². The number of hydrogen-bond donors (Lipinski definition) is 3. The van der Waals surface area contributed by atoms with E-state index in [1.54, 1.807) is 24.5 Å². The van der Waals surface area contributed by atoms with Crippen LogP contribution in [-0.4, -0.2) is 57.8 Å². The first-order chi connectivity index (χ1) is 21.5. The number of carbonyl (C=O) groups excluding carboxylic acids is 1. The van der Waals surface area contributed by atoms with Crippen LogP contribution in [0.25, 0.3) is 11.1 Å². The molecule has 4 aromatic rings. The normalized spacial score (nSPS) is 23.8. The Balaban J connectivity index is 1.22. The van der Waals surface area contributed by atoms with Crippen molar-refractivity contribution in [3.8, 4) is 11.1 Å². The molecule has 0 spiro atoms. The molecule has 2 aliphatic heterocycles. The molecule has 0 unspecified atom stereocenters. The molecule has 8 heteroatoms. The fraction of sp³-hybridized carbons (Fsp3) is 0.333. The van der Waals surface area contributed by atoms with E-state index in [9.17, 15) is 15.0 Å². The minimum absolute atomic E-state index is 0.00211. The Kier molecular flexibility index (Phi) is 9.45. The molecule has 5 atom stereocenters. The van der Waals surface area contributed by atoms with E-state index in [-0.39, 0.29) is 36.7 Å². The topological polar surface area (TPSA) is 104 Å². The number of aliphatic hydroxyl groups is 2. The highest BCUT2D eigenvalue weighted by atomic mass is 16.7. The van der Waals surface area contributed by atoms with Gasteiger partial charge < -0.3 is 25.0 Å². The fourth-order valence-electron chi connectivity index (χ4n) is 6.07. The summed E-state index contributed by atoms with van der Waals surface area (Å²) >= 11 is 0. The molecular formula is C36H39N3O5. The maximum absolute atomic E-state index is 12.5. The van der Waals surface area contributed by atoms with Crippen LogP contribution in [0.5, 0.6) is 0 Å². The van der Waals surface area contributed by atoms with Gasteiger partial charge in [-0.15, -0.1) is 0 Å². The van der Waals surface area contributed by atoms with Gasteiger partial charge in [-0.2, -0.15) is 0 Å². The van der Waals surface area contributed by atoms with Crippen LogP contribution in [0.15, 0.2) is 97.3 Å². The van der Waals surface area contributed by atoms with Crippen molar-refractivity contribution in [2.45, 2.75) is 51.1 Å². The maximum atomic E-state index is 12.5. The molecule has 2 saturated heterocycles. The van der Waals surface area contributed by atoms with Crippen molar-refractivity contribution < 1.29 is 24.5 Å². The second-order valence-corrected chi connectivity index (χ2v) is 11.8. The minimum atomic E-state index is -0.576. The molecule has 1 amide bonds. The van der Waals surface area contributed by atoms with E-state index in [2.05, 4.69) is 46.4 Å². The Labute approximate surface area is 258 Å². The van der Waals surface area contributed by atoms with Crippen LogP contribution in [0.2, 0.25) is 0 Å². The average Bonchev–Trinajstić information content (AvgIpc) is 3.49. The molecule has 3 N–H and O–H groups in total. The Morgan fingerprint density at radius 3 is 2.48 bits per heavy atom. The van der Waals surface area contributed by atoms with Crippen molar-refractivity contribution in [3.05, 3.63) is 125 Å². The number of ether oxygens (including phenoxy) is 2. The summed E-state index contributed by atoms with van der Waals surface area (Å²) in [4.78, 5) is 18.8. The van der Waals surface area contributed by atoms with Crippen LogP contribution < -0.4 is 5.32 Å². The molecule has 0 aliphatic carbocycles. The third-order valence-electron chi connectivity index (χ3n) is 8.60. The number of benzene rings is 3. The van der Waals surface area contributed by atoms with Gasteiger partial charge in [0.15, 0.2) is 6.29 Å². The number of hydrogen-bond acceptors (Lipinski definition) is 7. The van der Waals surface area contributed by atoms with Crippen LogP contribution in [0, 0.1) is 5.92 Å². The summed E-state index contributed by atoms with van der Waals surface area (Å²) in [5.41, 5.74) is 6.40. The Bertz CT molecular complexity index is 1550. The van der Waals surface area contributed by atoms with Crippen LogP contribution in [0.4, 0.5) is 0 Å². The Hall–Kier alpha value is -3.92. The second kappa shape index (κ2) is 13.8. The number of nitrogens with one attached hydrogen (secondary N) is 1. The van der Waals surface area contributed by atoms with Crippen LogP contribution in [0.1, 0.15) is 58.4 Å². The van der Waals surface area contributed by atoms with E-state index in [0.717, 1.165) is 52.9 Å². The maximum Gasteiger partial charge on any atom is 0.253 e. The third-order valence-corrected chi connectivity index (χ3v) is 8.60. The molecule has 0 saturated carbocycles. The van der Waals surface area contributed by atoms with Gasteiger partial charge in [0.05, 0.1) is 30.5 Å². The number of carbonyl (C=O) groups is 1. The minimum Gasteiger partial charge on any atom is -0.392 e. The zero-order valence-corrected chi connectivity index (χ0v) is 24.9. The molecule has 0 bridgehead atoms. The van der Waals surface area contributed by atoms with Gasteiger partial charge in [-0.25, -0.2) is 0 Å². The van der Waals surface area contributed by atoms with Crippen LogP contribution >= 0.6 is 0 Å². The molecule has 8 nitrogen and oxygen atoms in total. The summed E-state index contributed by atoms with van der Waals surface area (Å²) in [6, 6.07) is 27.8. The number of likely N-dealkylation sites (tertiary alicyclic amines) is 1. The number of aliphatic hydroxyl groups excluding tert-OH is 2. The first-order valence-corrected chi connectivity index (χ1v) is 15.3. The van der Waals surface area contributed by atoms with E-state index in [0.29, 0.717) is 18.7 Å². The second-order valence-electron chi connectivity index (χ2n) is 11.8. The summed E-state index contributed by atoms with van der Waals surface area (Å²) in [6.07, 6.45) is 2.81. The van der Waals surface area contributed by atoms with Crippen molar-refractivity contribution in [3.63, 3.8) is 0 Å². The number of amides is 1. The molecule has 228 valence electrons. The zero-order valence-electron chi connectivity index (χ0n) is 24.9. The quantitative estimate of drug-likeness (QED) is 0.250. The third kappa shape index (κ3) is 7.07. The monoisotopic (exact) mass is 593 g/mol. The molecule has 2 fully saturated rings. The van der Waals surface area contributed by atoms with Crippen molar-refractivity contribution in [1.82, 2.24) is 15.2 Å². The van der Waals surface area contributed by atoms with Crippen LogP contribution in [0.3, 0.4) is 0 Å². The highest BCUT2D eigenvalue weighted by Crippen LogP contribution is 2.42. The molecule has 3 aromatic carbocycles. The summed E-state index contributed by atoms with van der Waals surface area (Å²) in [5.74, 6) is -0.0874. The first kappa shape index (κ1) is 30.1. The number of rotatable bonds is 9. The van der Waals surface area contributed by atoms with E-state index in [1.165, 1.54) is 0 Å². The van der Waals surface area contributed by atoms with Gasteiger partial charge in [-0.3, -0.25) is 14.7 Å². The van der Waals surface area contributed by atoms with Crippen molar-refractivity contribution in [1.29, 1.82) is 0 Å². The highest BCUT2D eigenvalue weighted by Gasteiger charge is 2.40. The summed E-state index contributed by atoms with van der Waals surface area (Å²) in [5, 5.41) is 22.6. The predicted molar refractivity (Wildman–Crippen MR) is 167 cm³/mol. The van der Waals surface area contributed by atoms with Gasteiger partial charge in [-0.05, 0) is 58.5 Å². The lowest BCUT2D eigenvalue weighted by Crippen LogP contribution is -2.44. The summed E-state index contributed by atoms with van der Waals surface area (Å²) in [7, 11) is 0. The van der Waals surface area contributed by atoms with E-state index in [4.69, 9.17) is 9.47 Å². The first-order valence-electron chi connectivity index (χ1n) is 15.3. The SMILES string of the molecule is C[C@@H]1[C@H](CN2CC[C@H](O)C2)O[C@H](c2cccc(-c3cccc(CNC(=O)c4cccnc4)c3)c2)O[C@@H]1c1ccc(CO)cc1. The molecule has 3 heterocycles. The van der Waals surface area contributed by atoms with E-state index in [1.807, 2.05) is 48.5 Å². The zero-order chi connectivity index (χ0) is 30.5. The summed E-state index contributed by atoms with van der Waals surface area (Å²) in [6.45, 7) is 4.78. The van der Waals surface area contributed by atoms with E-state index >= 15 is 0 Å². The number of β-amino-alcohol motifs (C(OH)–C–C–N with tert-alkyl or cyclic N) is 1. The largest absolute Gasteiger partial charge is 0.392 e. The lowest BCUT2D eigenvalue weighted by Gasteiger charge is -2.42. The number of pyridine rings is 1. The Morgan fingerprint density at radius 2 is 1.75 bits per heavy atom. The van der Waals surface area contributed by atoms with Gasteiger partial charge in [0.2, 0.25) is 0 Å². The lowest BCUT2D eigenvalue weighted by molar-refractivity contribution is -0.276. The van der Waals surface area contributed by atoms with Crippen LogP contribution in [-0.2, 0) is 22.6 Å². The number of aromatic nitrogens is 1. The van der Waals surface area contributed by atoms with Gasteiger partial charge in [0.25, 0.3) is 5.91 Å². The predicted octanol–water partition coefficient (Wildman–Crippen LogP) is 5.03. The molecular weight excluding hydrogens is 554 g/mol. The van der Waals surface area contributed by atoms with Crippen molar-refractivity contribution >= 4 is 5.91 Å². The lowest BCUT2D eigenvalue weighted by atomic mass is 9.90. The fourth-order valence-corrected chi connectivity index (χ4v) is 6.07. The molecule has 2 aliphatic rings. The number of nitrogens with zero attached hydrogens (tertiary/aromatic N) is 2.